The highest BCUT2D eigenvalue weighted by atomic mass is 35.5. The lowest BCUT2D eigenvalue weighted by molar-refractivity contribution is -0.121. The number of aromatic nitrogens is 1. The fourth-order valence-electron chi connectivity index (χ4n) is 4.22. The predicted molar refractivity (Wildman–Crippen MR) is 146 cm³/mol. The molecule has 1 aliphatic heterocycles. The lowest BCUT2D eigenvalue weighted by atomic mass is 10.0. The maximum absolute atomic E-state index is 12.5. The van der Waals surface area contributed by atoms with Crippen LogP contribution in [0.4, 0.5) is 15.5 Å². The van der Waals surface area contributed by atoms with Gasteiger partial charge in [-0.2, -0.15) is 0 Å². The molecule has 0 bridgehead atoms. The van der Waals surface area contributed by atoms with Gasteiger partial charge in [0.2, 0.25) is 5.91 Å². The number of anilines is 2. The van der Waals surface area contributed by atoms with Crippen LogP contribution in [0.3, 0.4) is 0 Å². The van der Waals surface area contributed by atoms with E-state index in [1.54, 1.807) is 36.7 Å². The summed E-state index contributed by atoms with van der Waals surface area (Å²) in [7, 11) is 0. The van der Waals surface area contributed by atoms with Gasteiger partial charge in [-0.25, -0.2) is 4.79 Å². The molecule has 11 heteroatoms. The molecule has 1 aromatic carbocycles. The molecule has 4 rings (SSSR count). The maximum Gasteiger partial charge on any atom is 0.324 e. The number of primary amides is 1. The molecule has 5 N–H and O–H groups in total. The number of pyridine rings is 1. The van der Waals surface area contributed by atoms with Crippen molar-refractivity contribution in [1.29, 1.82) is 0 Å². The molecule has 0 radical (unpaired) electrons. The number of nitrogens with zero attached hydrogens (tertiary/aromatic N) is 2. The summed E-state index contributed by atoms with van der Waals surface area (Å²) in [5.41, 5.74) is 8.59. The Morgan fingerprint density at radius 1 is 1.14 bits per heavy atom. The Kier molecular flexibility index (Phi) is 9.10. The van der Waals surface area contributed by atoms with Crippen molar-refractivity contribution in [1.82, 2.24) is 15.2 Å². The lowest BCUT2D eigenvalue weighted by Gasteiger charge is -2.27. The van der Waals surface area contributed by atoms with E-state index in [0.29, 0.717) is 53.6 Å². The largest absolute Gasteiger partial charge is 0.365 e. The van der Waals surface area contributed by atoms with Gasteiger partial charge in [-0.3, -0.25) is 24.8 Å². The van der Waals surface area contributed by atoms with Crippen LogP contribution in [0.1, 0.15) is 39.2 Å². The molecular formula is C26H29ClN6O3S. The highest BCUT2D eigenvalue weighted by molar-refractivity contribution is 7.17. The van der Waals surface area contributed by atoms with Gasteiger partial charge < -0.3 is 16.4 Å². The number of carbonyl (C=O) groups excluding carboxylic acids is 3. The van der Waals surface area contributed by atoms with E-state index < -0.39 is 11.9 Å². The van der Waals surface area contributed by atoms with Crippen molar-refractivity contribution in [3.05, 3.63) is 75.4 Å². The van der Waals surface area contributed by atoms with E-state index >= 15 is 0 Å². The highest BCUT2D eigenvalue weighted by Crippen LogP contribution is 2.37. The first-order valence-electron chi connectivity index (χ1n) is 12.0. The van der Waals surface area contributed by atoms with Gasteiger partial charge in [-0.05, 0) is 60.7 Å². The monoisotopic (exact) mass is 540 g/mol. The minimum Gasteiger partial charge on any atom is -0.365 e. The molecule has 2 aromatic heterocycles. The zero-order valence-corrected chi connectivity index (χ0v) is 21.8. The van der Waals surface area contributed by atoms with Crippen molar-refractivity contribution in [3.8, 4) is 0 Å². The zero-order valence-electron chi connectivity index (χ0n) is 20.3. The summed E-state index contributed by atoms with van der Waals surface area (Å²) in [6.45, 7) is 2.85. The topological polar surface area (TPSA) is 129 Å². The Labute approximate surface area is 224 Å². The molecule has 0 spiro atoms. The number of thiophene rings is 1. The van der Waals surface area contributed by atoms with Crippen molar-refractivity contribution < 1.29 is 14.4 Å². The number of nitrogens with two attached hydrogens (primary N) is 1. The summed E-state index contributed by atoms with van der Waals surface area (Å²) in [5, 5.41) is 9.51. The van der Waals surface area contributed by atoms with Crippen molar-refractivity contribution in [2.24, 2.45) is 5.73 Å². The number of fused-ring (bicyclic) bond motifs is 1. The van der Waals surface area contributed by atoms with Crippen LogP contribution in [0, 0.1) is 0 Å². The van der Waals surface area contributed by atoms with Crippen molar-refractivity contribution in [2.75, 3.05) is 30.3 Å². The normalized spacial score (nSPS) is 13.0. The first-order valence-corrected chi connectivity index (χ1v) is 13.2. The molecule has 9 nitrogen and oxygen atoms in total. The standard InChI is InChI=1S/C26H29ClN6O3S/c27-18-5-7-19(8-6-18)31-26(36)32-25-23(24(28)35)20-10-14-33(16-21(20)37-25)13-2-12-30-22(34)9-4-17-3-1-11-29-15-17/h1,3,5-8,11,15H,2,4,9-10,12-14,16H2,(H2,28,35)(H,30,34)(H2,31,32,36). The SMILES string of the molecule is NC(=O)c1c(NC(=O)Nc2ccc(Cl)cc2)sc2c1CCN(CCCNC(=O)CCc1cccnc1)C2. The summed E-state index contributed by atoms with van der Waals surface area (Å²) in [4.78, 5) is 44.2. The van der Waals surface area contributed by atoms with Gasteiger partial charge >= 0.3 is 6.03 Å². The Morgan fingerprint density at radius 2 is 1.95 bits per heavy atom. The number of halogens is 1. The van der Waals surface area contributed by atoms with E-state index in [-0.39, 0.29) is 5.91 Å². The Hall–Kier alpha value is -3.47. The summed E-state index contributed by atoms with van der Waals surface area (Å²) in [6, 6.07) is 10.1. The molecule has 0 unspecified atom stereocenters. The Bertz CT molecular complexity index is 1250. The summed E-state index contributed by atoms with van der Waals surface area (Å²) >= 11 is 7.26. The number of rotatable bonds is 10. The van der Waals surface area contributed by atoms with Crippen LogP contribution in [-0.2, 0) is 24.2 Å². The van der Waals surface area contributed by atoms with Crippen LogP contribution in [0.15, 0.2) is 48.8 Å². The van der Waals surface area contributed by atoms with Crippen LogP contribution in [0.2, 0.25) is 5.02 Å². The van der Waals surface area contributed by atoms with Crippen molar-refractivity contribution >= 4 is 51.5 Å². The third-order valence-corrected chi connectivity index (χ3v) is 7.43. The second kappa shape index (κ2) is 12.7. The lowest BCUT2D eigenvalue weighted by Crippen LogP contribution is -2.34. The molecule has 1 aliphatic rings. The number of urea groups is 1. The molecule has 194 valence electrons. The van der Waals surface area contributed by atoms with Crippen LogP contribution < -0.4 is 21.7 Å². The van der Waals surface area contributed by atoms with Gasteiger partial charge in [-0.1, -0.05) is 17.7 Å². The molecule has 37 heavy (non-hydrogen) atoms. The van der Waals surface area contributed by atoms with E-state index in [4.69, 9.17) is 17.3 Å². The molecule has 3 heterocycles. The number of nitrogens with one attached hydrogen (secondary N) is 3. The van der Waals surface area contributed by atoms with Gasteiger partial charge in [-0.15, -0.1) is 11.3 Å². The third kappa shape index (κ3) is 7.51. The first kappa shape index (κ1) is 26.6. The van der Waals surface area contributed by atoms with Crippen molar-refractivity contribution in [2.45, 2.75) is 32.2 Å². The smallest absolute Gasteiger partial charge is 0.324 e. The van der Waals surface area contributed by atoms with E-state index in [9.17, 15) is 14.4 Å². The highest BCUT2D eigenvalue weighted by Gasteiger charge is 2.27. The molecule has 3 aromatic rings. The van der Waals surface area contributed by atoms with E-state index in [0.717, 1.165) is 35.5 Å². The third-order valence-electron chi connectivity index (χ3n) is 6.05. The Morgan fingerprint density at radius 3 is 2.68 bits per heavy atom. The molecule has 0 saturated carbocycles. The number of benzene rings is 1. The van der Waals surface area contributed by atoms with E-state index in [1.165, 1.54) is 11.3 Å². The number of amides is 4. The average molecular weight is 541 g/mol. The number of hydrogen-bond donors (Lipinski definition) is 4. The fourth-order valence-corrected chi connectivity index (χ4v) is 5.63. The van der Waals surface area contributed by atoms with Gasteiger partial charge in [0.1, 0.15) is 5.00 Å². The van der Waals surface area contributed by atoms with Gasteiger partial charge in [0, 0.05) is 60.6 Å². The minimum atomic E-state index is -0.554. The fraction of sp³-hybridized carbons (Fsp3) is 0.308. The molecule has 0 fully saturated rings. The van der Waals surface area contributed by atoms with Crippen LogP contribution in [-0.4, -0.2) is 47.4 Å². The molecule has 4 amide bonds. The predicted octanol–water partition coefficient (Wildman–Crippen LogP) is 4.04. The number of hydrogen-bond acceptors (Lipinski definition) is 6. The second-order valence-electron chi connectivity index (χ2n) is 8.75. The number of aryl methyl sites for hydroxylation is 1. The zero-order chi connectivity index (χ0) is 26.2. The number of carbonyl (C=O) groups is 3. The van der Waals surface area contributed by atoms with Gasteiger partial charge in [0.25, 0.3) is 5.91 Å². The van der Waals surface area contributed by atoms with Gasteiger partial charge in [0.05, 0.1) is 5.56 Å². The first-order chi connectivity index (χ1) is 17.9. The molecular weight excluding hydrogens is 512 g/mol. The second-order valence-corrected chi connectivity index (χ2v) is 10.3. The quantitative estimate of drug-likeness (QED) is 0.288. The Balaban J connectivity index is 1.26. The van der Waals surface area contributed by atoms with E-state index in [2.05, 4.69) is 25.8 Å². The molecule has 0 aliphatic carbocycles. The molecule has 0 saturated heterocycles. The summed E-state index contributed by atoms with van der Waals surface area (Å²) < 4.78 is 0. The maximum atomic E-state index is 12.5. The summed E-state index contributed by atoms with van der Waals surface area (Å²) in [5.74, 6) is -0.525. The van der Waals surface area contributed by atoms with Crippen LogP contribution in [0.25, 0.3) is 0 Å². The average Bonchev–Trinajstić information content (AvgIpc) is 3.24. The summed E-state index contributed by atoms with van der Waals surface area (Å²) in [6.07, 6.45) is 6.08. The van der Waals surface area contributed by atoms with E-state index in [1.807, 2.05) is 12.1 Å². The molecule has 0 atom stereocenters. The van der Waals surface area contributed by atoms with Gasteiger partial charge in [0.15, 0.2) is 0 Å². The minimum absolute atomic E-state index is 0.0294. The van der Waals surface area contributed by atoms with Crippen molar-refractivity contribution in [3.63, 3.8) is 0 Å². The van der Waals surface area contributed by atoms with Crippen LogP contribution in [0.5, 0.6) is 0 Å². The van der Waals surface area contributed by atoms with Crippen LogP contribution >= 0.6 is 22.9 Å².